The summed E-state index contributed by atoms with van der Waals surface area (Å²) in [4.78, 5) is 2.35. The first-order chi connectivity index (χ1) is 25.1. The number of furan rings is 1. The van der Waals surface area contributed by atoms with Gasteiger partial charge in [-0.3, -0.25) is 0 Å². The third-order valence-electron chi connectivity index (χ3n) is 9.72. The quantitative estimate of drug-likeness (QED) is 0.174. The van der Waals surface area contributed by atoms with Crippen LogP contribution in [0, 0.1) is 0 Å². The van der Waals surface area contributed by atoms with Crippen LogP contribution in [0.3, 0.4) is 0 Å². The standard InChI is InChI=1S/C46H27BrClNOS/c47-32-16-19-42-39(24-32)40-27-36(26-38(46(40)50-42)30-10-7-11-33(48)23-30)49(34-12-5-2-6-13-34)35-17-21-43-41(25-35)45-37-18-14-29(28-8-3-1-4-9-28)22-31(37)15-20-44(45)51-43/h1-27H. The zero-order valence-electron chi connectivity index (χ0n) is 27.1. The van der Waals surface area contributed by atoms with Crippen LogP contribution in [0.15, 0.2) is 173 Å². The SMILES string of the molecule is Clc1cccc(-c2cc(N(c3ccccc3)c3ccc4sc5ccc6cc(-c7ccccc7)ccc6c5c4c3)cc3c2oc2ccc(Br)cc23)c1. The van der Waals surface area contributed by atoms with Gasteiger partial charge in [0.25, 0.3) is 0 Å². The van der Waals surface area contributed by atoms with Crippen molar-refractivity contribution in [3.63, 3.8) is 0 Å². The van der Waals surface area contributed by atoms with Crippen molar-refractivity contribution in [1.29, 1.82) is 0 Å². The second-order valence-electron chi connectivity index (χ2n) is 12.8. The number of fused-ring (bicyclic) bond motifs is 8. The van der Waals surface area contributed by atoms with Crippen LogP contribution in [-0.4, -0.2) is 0 Å². The van der Waals surface area contributed by atoms with Crippen LogP contribution < -0.4 is 4.90 Å². The van der Waals surface area contributed by atoms with E-state index >= 15 is 0 Å². The molecule has 0 fully saturated rings. The van der Waals surface area contributed by atoms with Gasteiger partial charge >= 0.3 is 0 Å². The molecule has 10 aromatic rings. The molecule has 2 nitrogen and oxygen atoms in total. The van der Waals surface area contributed by atoms with Crippen molar-refractivity contribution in [3.8, 4) is 22.3 Å². The van der Waals surface area contributed by atoms with Crippen LogP contribution in [-0.2, 0) is 0 Å². The van der Waals surface area contributed by atoms with E-state index in [0.29, 0.717) is 5.02 Å². The number of nitrogens with zero attached hydrogens (tertiary/aromatic N) is 1. The first-order valence-corrected chi connectivity index (χ1v) is 18.8. The average Bonchev–Trinajstić information content (AvgIpc) is 3.73. The number of para-hydroxylation sites is 1. The summed E-state index contributed by atoms with van der Waals surface area (Å²) in [5, 5.41) is 7.83. The number of thiophene rings is 1. The summed E-state index contributed by atoms with van der Waals surface area (Å²) in [5.74, 6) is 0. The lowest BCUT2D eigenvalue weighted by Crippen LogP contribution is -2.10. The molecule has 0 aliphatic carbocycles. The van der Waals surface area contributed by atoms with E-state index in [4.69, 9.17) is 16.0 Å². The van der Waals surface area contributed by atoms with Gasteiger partial charge in [-0.2, -0.15) is 0 Å². The van der Waals surface area contributed by atoms with Crippen molar-refractivity contribution in [2.75, 3.05) is 4.90 Å². The highest BCUT2D eigenvalue weighted by Gasteiger charge is 2.21. The van der Waals surface area contributed by atoms with Crippen LogP contribution in [0.1, 0.15) is 0 Å². The van der Waals surface area contributed by atoms with E-state index in [2.05, 4.69) is 154 Å². The minimum atomic E-state index is 0.683. The number of hydrogen-bond acceptors (Lipinski definition) is 3. The van der Waals surface area contributed by atoms with Gasteiger partial charge < -0.3 is 9.32 Å². The summed E-state index contributed by atoms with van der Waals surface area (Å²) >= 11 is 12.1. The number of hydrogen-bond donors (Lipinski definition) is 0. The van der Waals surface area contributed by atoms with Crippen LogP contribution in [0.5, 0.6) is 0 Å². The monoisotopic (exact) mass is 755 g/mol. The van der Waals surface area contributed by atoms with Crippen molar-refractivity contribution in [1.82, 2.24) is 0 Å². The van der Waals surface area contributed by atoms with E-state index in [1.54, 1.807) is 0 Å². The van der Waals surface area contributed by atoms with Gasteiger partial charge in [0.1, 0.15) is 11.2 Å². The Morgan fingerprint density at radius 2 is 1.29 bits per heavy atom. The third-order valence-corrected chi connectivity index (χ3v) is 11.6. The lowest BCUT2D eigenvalue weighted by Gasteiger charge is -2.26. The predicted molar refractivity (Wildman–Crippen MR) is 222 cm³/mol. The van der Waals surface area contributed by atoms with E-state index in [0.717, 1.165) is 54.6 Å². The maximum Gasteiger partial charge on any atom is 0.143 e. The Kier molecular flexibility index (Phi) is 7.24. The molecule has 8 aromatic carbocycles. The molecule has 242 valence electrons. The summed E-state index contributed by atoms with van der Waals surface area (Å²) in [5.41, 5.74) is 9.29. The summed E-state index contributed by atoms with van der Waals surface area (Å²) in [6, 6.07) is 58.1. The van der Waals surface area contributed by atoms with Crippen LogP contribution in [0.25, 0.3) is 75.1 Å². The Bertz CT molecular complexity index is 2950. The molecular weight excluding hydrogens is 730 g/mol. The van der Waals surface area contributed by atoms with Crippen LogP contribution in [0.4, 0.5) is 17.1 Å². The Morgan fingerprint density at radius 3 is 2.14 bits per heavy atom. The zero-order valence-corrected chi connectivity index (χ0v) is 30.3. The molecular formula is C46H27BrClNOS. The molecule has 10 rings (SSSR count). The van der Waals surface area contributed by atoms with Gasteiger partial charge in [0, 0.05) is 63.1 Å². The van der Waals surface area contributed by atoms with Crippen molar-refractivity contribution in [2.24, 2.45) is 0 Å². The number of rotatable bonds is 5. The van der Waals surface area contributed by atoms with Gasteiger partial charge in [0.15, 0.2) is 0 Å². The number of benzene rings is 8. The number of anilines is 3. The van der Waals surface area contributed by atoms with Gasteiger partial charge in [-0.1, -0.05) is 106 Å². The molecule has 0 amide bonds. The zero-order chi connectivity index (χ0) is 34.1. The smallest absolute Gasteiger partial charge is 0.143 e. The summed E-state index contributed by atoms with van der Waals surface area (Å²) in [6.45, 7) is 0. The van der Waals surface area contributed by atoms with Crippen LogP contribution in [0.2, 0.25) is 5.02 Å². The molecule has 0 atom stereocenters. The molecule has 51 heavy (non-hydrogen) atoms. The molecule has 0 saturated carbocycles. The molecule has 0 aliphatic rings. The van der Waals surface area contributed by atoms with E-state index in [1.807, 2.05) is 41.7 Å². The van der Waals surface area contributed by atoms with Gasteiger partial charge in [-0.15, -0.1) is 11.3 Å². The normalized spacial score (nSPS) is 11.7. The van der Waals surface area contributed by atoms with Crippen molar-refractivity contribution < 1.29 is 4.42 Å². The first kappa shape index (κ1) is 30.4. The fourth-order valence-corrected chi connectivity index (χ4v) is 9.06. The predicted octanol–water partition coefficient (Wildman–Crippen LogP) is 15.3. The number of halogens is 2. The van der Waals surface area contributed by atoms with E-state index in [-0.39, 0.29) is 0 Å². The van der Waals surface area contributed by atoms with Crippen molar-refractivity contribution in [2.45, 2.75) is 0 Å². The largest absolute Gasteiger partial charge is 0.455 e. The molecule has 0 N–H and O–H groups in total. The molecule has 0 bridgehead atoms. The molecule has 0 saturated heterocycles. The van der Waals surface area contributed by atoms with Gasteiger partial charge in [0.2, 0.25) is 0 Å². The molecule has 0 radical (unpaired) electrons. The van der Waals surface area contributed by atoms with E-state index in [9.17, 15) is 0 Å². The Labute approximate surface area is 311 Å². The minimum Gasteiger partial charge on any atom is -0.455 e. The maximum absolute atomic E-state index is 6.57. The van der Waals surface area contributed by atoms with E-state index in [1.165, 1.54) is 42.1 Å². The van der Waals surface area contributed by atoms with Crippen molar-refractivity contribution >= 4 is 109 Å². The highest BCUT2D eigenvalue weighted by molar-refractivity contribution is 9.10. The average molecular weight is 757 g/mol. The molecule has 2 aromatic heterocycles. The minimum absolute atomic E-state index is 0.683. The highest BCUT2D eigenvalue weighted by Crippen LogP contribution is 2.46. The molecule has 5 heteroatoms. The lowest BCUT2D eigenvalue weighted by molar-refractivity contribution is 0.670. The Hall–Kier alpha value is -5.39. The fraction of sp³-hybridized carbons (Fsp3) is 0. The third kappa shape index (κ3) is 5.22. The topological polar surface area (TPSA) is 16.4 Å². The fourth-order valence-electron chi connectivity index (χ4n) is 7.40. The summed E-state index contributed by atoms with van der Waals surface area (Å²) in [7, 11) is 0. The first-order valence-electron chi connectivity index (χ1n) is 16.8. The second kappa shape index (κ2) is 12.1. The Morgan fingerprint density at radius 1 is 0.510 bits per heavy atom. The Balaban J connectivity index is 1.22. The van der Waals surface area contributed by atoms with Gasteiger partial charge in [-0.25, -0.2) is 0 Å². The summed E-state index contributed by atoms with van der Waals surface area (Å²) < 4.78 is 10.1. The van der Waals surface area contributed by atoms with Crippen molar-refractivity contribution in [3.05, 3.63) is 173 Å². The van der Waals surface area contributed by atoms with Crippen LogP contribution >= 0.6 is 38.9 Å². The molecule has 0 aliphatic heterocycles. The molecule has 2 heterocycles. The molecule has 0 unspecified atom stereocenters. The molecule has 0 spiro atoms. The van der Waals surface area contributed by atoms with E-state index < -0.39 is 0 Å². The summed E-state index contributed by atoms with van der Waals surface area (Å²) in [6.07, 6.45) is 0. The highest BCUT2D eigenvalue weighted by atomic mass is 79.9. The maximum atomic E-state index is 6.57. The lowest BCUT2D eigenvalue weighted by atomic mass is 9.98. The van der Waals surface area contributed by atoms with Gasteiger partial charge in [0.05, 0.1) is 0 Å². The van der Waals surface area contributed by atoms with Gasteiger partial charge in [-0.05, 0) is 112 Å². The second-order valence-corrected chi connectivity index (χ2v) is 15.3.